The molecule has 0 radical (unpaired) electrons. The van der Waals surface area contributed by atoms with E-state index in [4.69, 9.17) is 4.74 Å². The van der Waals surface area contributed by atoms with Crippen molar-refractivity contribution in [2.24, 2.45) is 0 Å². The molecule has 2 aromatic heterocycles. The number of anilines is 1. The predicted octanol–water partition coefficient (Wildman–Crippen LogP) is 3.09. The Bertz CT molecular complexity index is 872. The molecule has 0 unspecified atom stereocenters. The standard InChI is InChI=1S/C18H24F3N5O2S/c1-4-25-16(24-5-7-28-8-6-24)22-23-17(25)29-10-15(27)14-9-12(2)26(13(14)3)11-18(19,20)21/h9H,4-8,10-11H2,1-3H3. The van der Waals surface area contributed by atoms with Crippen molar-refractivity contribution in [1.82, 2.24) is 19.3 Å². The summed E-state index contributed by atoms with van der Waals surface area (Å²) < 4.78 is 46.8. The van der Waals surface area contributed by atoms with Crippen molar-refractivity contribution in [1.29, 1.82) is 0 Å². The first-order chi connectivity index (χ1) is 13.7. The normalized spacial score (nSPS) is 15.2. The van der Waals surface area contributed by atoms with Crippen molar-refractivity contribution >= 4 is 23.5 Å². The van der Waals surface area contributed by atoms with Crippen molar-refractivity contribution in [3.63, 3.8) is 0 Å². The molecule has 11 heteroatoms. The number of aromatic nitrogens is 4. The highest BCUT2D eigenvalue weighted by atomic mass is 32.2. The van der Waals surface area contributed by atoms with Gasteiger partial charge in [0.15, 0.2) is 10.9 Å². The summed E-state index contributed by atoms with van der Waals surface area (Å²) in [5.74, 6) is 0.599. The summed E-state index contributed by atoms with van der Waals surface area (Å²) in [7, 11) is 0. The highest BCUT2D eigenvalue weighted by Gasteiger charge is 2.30. The van der Waals surface area contributed by atoms with Gasteiger partial charge in [0, 0.05) is 36.6 Å². The van der Waals surface area contributed by atoms with Crippen molar-refractivity contribution in [2.75, 3.05) is 37.0 Å². The summed E-state index contributed by atoms with van der Waals surface area (Å²) in [6, 6.07) is 1.52. The van der Waals surface area contributed by atoms with Gasteiger partial charge in [-0.25, -0.2) is 0 Å². The molecular formula is C18H24F3N5O2S. The second-order valence-corrected chi connectivity index (χ2v) is 7.77. The van der Waals surface area contributed by atoms with E-state index in [0.29, 0.717) is 41.9 Å². The molecule has 0 aromatic carbocycles. The molecule has 160 valence electrons. The van der Waals surface area contributed by atoms with Crippen LogP contribution >= 0.6 is 11.8 Å². The molecule has 1 aliphatic heterocycles. The van der Waals surface area contributed by atoms with E-state index in [1.54, 1.807) is 13.8 Å². The predicted molar refractivity (Wildman–Crippen MR) is 104 cm³/mol. The fourth-order valence-electron chi connectivity index (χ4n) is 3.38. The molecule has 0 bridgehead atoms. The largest absolute Gasteiger partial charge is 0.406 e. The number of carbonyl (C=O) groups excluding carboxylic acids is 1. The Morgan fingerprint density at radius 2 is 1.90 bits per heavy atom. The van der Waals surface area contributed by atoms with Gasteiger partial charge in [0.25, 0.3) is 0 Å². The maximum Gasteiger partial charge on any atom is 0.406 e. The lowest BCUT2D eigenvalue weighted by molar-refractivity contribution is -0.141. The van der Waals surface area contributed by atoms with Gasteiger partial charge >= 0.3 is 6.18 Å². The van der Waals surface area contributed by atoms with E-state index in [-0.39, 0.29) is 11.5 Å². The average Bonchev–Trinajstić information content (AvgIpc) is 3.21. The molecule has 7 nitrogen and oxygen atoms in total. The van der Waals surface area contributed by atoms with E-state index in [1.165, 1.54) is 17.8 Å². The fourth-order valence-corrected chi connectivity index (χ4v) is 4.26. The number of ether oxygens (including phenoxy) is 1. The second-order valence-electron chi connectivity index (χ2n) is 6.82. The number of carbonyl (C=O) groups is 1. The van der Waals surface area contributed by atoms with E-state index >= 15 is 0 Å². The molecule has 0 N–H and O–H groups in total. The van der Waals surface area contributed by atoms with Gasteiger partial charge in [0.2, 0.25) is 5.95 Å². The third-order valence-electron chi connectivity index (χ3n) is 4.85. The first kappa shape index (κ1) is 21.7. The van der Waals surface area contributed by atoms with Crippen LogP contribution in [0.4, 0.5) is 19.1 Å². The number of nitrogens with zero attached hydrogens (tertiary/aromatic N) is 5. The van der Waals surface area contributed by atoms with Crippen molar-refractivity contribution < 1.29 is 22.7 Å². The number of Topliss-reactive ketones (excluding diaryl/α,β-unsaturated/α-hetero) is 1. The average molecular weight is 431 g/mol. The molecule has 0 atom stereocenters. The molecule has 0 saturated carbocycles. The number of alkyl halides is 3. The minimum Gasteiger partial charge on any atom is -0.378 e. The zero-order valence-electron chi connectivity index (χ0n) is 16.6. The molecule has 0 amide bonds. The topological polar surface area (TPSA) is 65.2 Å². The van der Waals surface area contributed by atoms with Crippen LogP contribution in [0.2, 0.25) is 0 Å². The van der Waals surface area contributed by atoms with Crippen molar-refractivity contribution in [3.05, 3.63) is 23.0 Å². The number of hydrogen-bond donors (Lipinski definition) is 0. The first-order valence-corrected chi connectivity index (χ1v) is 10.3. The smallest absolute Gasteiger partial charge is 0.378 e. The van der Waals surface area contributed by atoms with E-state index < -0.39 is 12.7 Å². The Labute approximate surface area is 171 Å². The summed E-state index contributed by atoms with van der Waals surface area (Å²) >= 11 is 1.25. The second kappa shape index (κ2) is 8.78. The third-order valence-corrected chi connectivity index (χ3v) is 5.82. The van der Waals surface area contributed by atoms with Crippen LogP contribution in [0.3, 0.4) is 0 Å². The van der Waals surface area contributed by atoms with E-state index in [0.717, 1.165) is 23.6 Å². The van der Waals surface area contributed by atoms with Crippen LogP contribution in [0.25, 0.3) is 0 Å². The van der Waals surface area contributed by atoms with Gasteiger partial charge in [-0.1, -0.05) is 11.8 Å². The molecule has 2 aromatic rings. The molecule has 3 rings (SSSR count). The van der Waals surface area contributed by atoms with Gasteiger partial charge in [-0.2, -0.15) is 13.2 Å². The molecule has 0 spiro atoms. The number of aryl methyl sites for hydroxylation is 1. The van der Waals surface area contributed by atoms with Gasteiger partial charge in [-0.15, -0.1) is 10.2 Å². The van der Waals surface area contributed by atoms with Crippen LogP contribution < -0.4 is 4.90 Å². The Kier molecular flexibility index (Phi) is 6.57. The van der Waals surface area contributed by atoms with Crippen molar-refractivity contribution in [2.45, 2.75) is 45.2 Å². The number of rotatable bonds is 7. The van der Waals surface area contributed by atoms with Gasteiger partial charge in [-0.3, -0.25) is 9.36 Å². The molecule has 1 saturated heterocycles. The van der Waals surface area contributed by atoms with Crippen LogP contribution in [0, 0.1) is 13.8 Å². The summed E-state index contributed by atoms with van der Waals surface area (Å²) in [6.45, 7) is 7.36. The molecule has 1 aliphatic rings. The van der Waals surface area contributed by atoms with E-state index in [9.17, 15) is 18.0 Å². The summed E-state index contributed by atoms with van der Waals surface area (Å²) in [6.07, 6.45) is -4.34. The van der Waals surface area contributed by atoms with Gasteiger partial charge < -0.3 is 14.2 Å². The van der Waals surface area contributed by atoms with Crippen molar-refractivity contribution in [3.8, 4) is 0 Å². The SMILES string of the molecule is CCn1c(SCC(=O)c2cc(C)n(CC(F)(F)F)c2C)nnc1N1CCOCC1. The maximum atomic E-state index is 12.8. The van der Waals surface area contributed by atoms with Gasteiger partial charge in [-0.05, 0) is 26.8 Å². The molecule has 3 heterocycles. The fraction of sp³-hybridized carbons (Fsp3) is 0.611. The van der Waals surface area contributed by atoms with Gasteiger partial charge in [0.1, 0.15) is 6.54 Å². The minimum absolute atomic E-state index is 0.0809. The third kappa shape index (κ3) is 4.95. The van der Waals surface area contributed by atoms with Crippen LogP contribution in [-0.4, -0.2) is 63.3 Å². The number of morpholine rings is 1. The number of thioether (sulfide) groups is 1. The summed E-state index contributed by atoms with van der Waals surface area (Å²) in [4.78, 5) is 14.8. The Balaban J connectivity index is 1.71. The Hall–Kier alpha value is -2.01. The summed E-state index contributed by atoms with van der Waals surface area (Å²) in [5.41, 5.74) is 1.06. The first-order valence-electron chi connectivity index (χ1n) is 9.36. The molecule has 1 fully saturated rings. The lowest BCUT2D eigenvalue weighted by Crippen LogP contribution is -2.38. The zero-order chi connectivity index (χ0) is 21.2. The molecular weight excluding hydrogens is 407 g/mol. The maximum absolute atomic E-state index is 12.8. The Morgan fingerprint density at radius 3 is 2.52 bits per heavy atom. The number of hydrogen-bond acceptors (Lipinski definition) is 6. The highest BCUT2D eigenvalue weighted by molar-refractivity contribution is 7.99. The van der Waals surface area contributed by atoms with Crippen LogP contribution in [0.15, 0.2) is 11.2 Å². The monoisotopic (exact) mass is 431 g/mol. The number of ketones is 1. The van der Waals surface area contributed by atoms with E-state index in [2.05, 4.69) is 15.1 Å². The molecule has 0 aliphatic carbocycles. The number of halogens is 3. The lowest BCUT2D eigenvalue weighted by Gasteiger charge is -2.27. The van der Waals surface area contributed by atoms with Gasteiger partial charge in [0.05, 0.1) is 19.0 Å². The zero-order valence-corrected chi connectivity index (χ0v) is 17.4. The van der Waals surface area contributed by atoms with Crippen LogP contribution in [0.1, 0.15) is 28.7 Å². The minimum atomic E-state index is -4.34. The van der Waals surface area contributed by atoms with Crippen LogP contribution in [0.5, 0.6) is 0 Å². The highest BCUT2D eigenvalue weighted by Crippen LogP contribution is 2.26. The lowest BCUT2D eigenvalue weighted by atomic mass is 10.2. The Morgan fingerprint density at radius 1 is 1.21 bits per heavy atom. The van der Waals surface area contributed by atoms with Crippen LogP contribution in [-0.2, 0) is 17.8 Å². The summed E-state index contributed by atoms with van der Waals surface area (Å²) in [5, 5.41) is 9.09. The molecule has 29 heavy (non-hydrogen) atoms. The quantitative estimate of drug-likeness (QED) is 0.496. The van der Waals surface area contributed by atoms with E-state index in [1.807, 2.05) is 11.5 Å².